The minimum atomic E-state index is -0.0817. The van der Waals surface area contributed by atoms with Crippen molar-refractivity contribution in [2.24, 2.45) is 5.73 Å². The van der Waals surface area contributed by atoms with Gasteiger partial charge in [-0.2, -0.15) is 0 Å². The van der Waals surface area contributed by atoms with Crippen LogP contribution in [0.25, 0.3) is 0 Å². The van der Waals surface area contributed by atoms with Gasteiger partial charge in [0.15, 0.2) is 0 Å². The monoisotopic (exact) mass is 251 g/mol. The van der Waals surface area contributed by atoms with Gasteiger partial charge in [0.1, 0.15) is 12.4 Å². The molecule has 0 fully saturated rings. The average Bonchev–Trinajstić information content (AvgIpc) is 2.37. The van der Waals surface area contributed by atoms with Crippen LogP contribution in [0.15, 0.2) is 24.3 Å². The summed E-state index contributed by atoms with van der Waals surface area (Å²) in [5, 5.41) is 0. The molecule has 0 spiro atoms. The average molecular weight is 251 g/mol. The van der Waals surface area contributed by atoms with Crippen molar-refractivity contribution in [3.05, 3.63) is 29.8 Å². The van der Waals surface area contributed by atoms with E-state index in [0.717, 1.165) is 12.2 Å². The fourth-order valence-corrected chi connectivity index (χ4v) is 1.67. The molecule has 1 unspecified atom stereocenters. The molecular weight excluding hydrogens is 226 g/mol. The number of nitrogens with two attached hydrogens (primary N) is 1. The Labute approximate surface area is 110 Å². The van der Waals surface area contributed by atoms with Gasteiger partial charge in [0.2, 0.25) is 0 Å². The van der Waals surface area contributed by atoms with Crippen molar-refractivity contribution in [2.45, 2.75) is 38.6 Å². The van der Waals surface area contributed by atoms with E-state index < -0.39 is 0 Å². The molecule has 0 aromatic heterocycles. The zero-order chi connectivity index (χ0) is 13.6. The predicted octanol–water partition coefficient (Wildman–Crippen LogP) is 2.73. The van der Waals surface area contributed by atoms with Gasteiger partial charge in [-0.1, -0.05) is 32.9 Å². The molecule has 0 aliphatic rings. The zero-order valence-corrected chi connectivity index (χ0v) is 11.9. The van der Waals surface area contributed by atoms with Crippen molar-refractivity contribution in [1.82, 2.24) is 0 Å². The number of ether oxygens (including phenoxy) is 2. The third-order valence-electron chi connectivity index (χ3n) is 3.36. The summed E-state index contributed by atoms with van der Waals surface area (Å²) in [7, 11) is 1.64. The van der Waals surface area contributed by atoms with E-state index in [4.69, 9.17) is 15.2 Å². The lowest BCUT2D eigenvalue weighted by molar-refractivity contribution is 0.152. The Morgan fingerprint density at radius 1 is 1.17 bits per heavy atom. The Morgan fingerprint density at radius 3 is 2.28 bits per heavy atom. The molecular formula is C15H25NO2. The topological polar surface area (TPSA) is 44.5 Å². The quantitative estimate of drug-likeness (QED) is 0.810. The van der Waals surface area contributed by atoms with Crippen LogP contribution >= 0.6 is 0 Å². The van der Waals surface area contributed by atoms with Crippen LogP contribution in [0.5, 0.6) is 5.75 Å². The molecule has 0 radical (unpaired) electrons. The van der Waals surface area contributed by atoms with E-state index in [-0.39, 0.29) is 11.5 Å². The molecule has 1 aromatic carbocycles. The van der Waals surface area contributed by atoms with E-state index in [9.17, 15) is 0 Å². The van der Waals surface area contributed by atoms with Crippen LogP contribution < -0.4 is 10.5 Å². The van der Waals surface area contributed by atoms with Gasteiger partial charge in [0.05, 0.1) is 12.6 Å². The van der Waals surface area contributed by atoms with Gasteiger partial charge >= 0.3 is 0 Å². The van der Waals surface area contributed by atoms with Gasteiger partial charge in [0.25, 0.3) is 0 Å². The molecule has 1 aromatic rings. The second-order valence-electron chi connectivity index (χ2n) is 5.29. The van der Waals surface area contributed by atoms with E-state index in [1.54, 1.807) is 7.11 Å². The van der Waals surface area contributed by atoms with Crippen molar-refractivity contribution < 1.29 is 9.47 Å². The van der Waals surface area contributed by atoms with Crippen LogP contribution in [0, 0.1) is 0 Å². The van der Waals surface area contributed by atoms with E-state index in [1.165, 1.54) is 5.56 Å². The Balaban J connectivity index is 2.56. The maximum absolute atomic E-state index is 5.80. The normalized spacial score (nSPS) is 13.4. The summed E-state index contributed by atoms with van der Waals surface area (Å²) in [6, 6.07) is 8.18. The van der Waals surface area contributed by atoms with E-state index in [0.29, 0.717) is 13.2 Å². The highest BCUT2D eigenvalue weighted by Crippen LogP contribution is 2.27. The summed E-state index contributed by atoms with van der Waals surface area (Å²) in [6.45, 7) is 7.69. The van der Waals surface area contributed by atoms with Gasteiger partial charge < -0.3 is 15.2 Å². The van der Waals surface area contributed by atoms with Crippen LogP contribution in [0.2, 0.25) is 0 Å². The molecule has 1 atom stereocenters. The highest BCUT2D eigenvalue weighted by atomic mass is 16.5. The highest BCUT2D eigenvalue weighted by molar-refractivity contribution is 5.31. The lowest BCUT2D eigenvalue weighted by Gasteiger charge is -2.23. The van der Waals surface area contributed by atoms with Gasteiger partial charge in [-0.15, -0.1) is 0 Å². The maximum atomic E-state index is 5.80. The Hall–Kier alpha value is -1.06. The summed E-state index contributed by atoms with van der Waals surface area (Å²) in [4.78, 5) is 0. The Morgan fingerprint density at radius 2 is 1.78 bits per heavy atom. The number of benzene rings is 1. The molecule has 1 rings (SSSR count). The van der Waals surface area contributed by atoms with Gasteiger partial charge in [-0.3, -0.25) is 0 Å². The fraction of sp³-hybridized carbons (Fsp3) is 0.600. The third kappa shape index (κ3) is 4.31. The molecule has 0 bridgehead atoms. The first-order valence-corrected chi connectivity index (χ1v) is 6.47. The second kappa shape index (κ2) is 6.76. The SMILES string of the molecule is CCC(C)(C)c1ccc(OCC(N)COC)cc1. The highest BCUT2D eigenvalue weighted by Gasteiger charge is 2.17. The van der Waals surface area contributed by atoms with Crippen LogP contribution in [0.4, 0.5) is 0 Å². The second-order valence-corrected chi connectivity index (χ2v) is 5.29. The minimum Gasteiger partial charge on any atom is -0.492 e. The summed E-state index contributed by atoms with van der Waals surface area (Å²) >= 11 is 0. The molecule has 0 amide bonds. The number of methoxy groups -OCH3 is 1. The number of rotatable bonds is 7. The summed E-state index contributed by atoms with van der Waals surface area (Å²) in [6.07, 6.45) is 1.12. The summed E-state index contributed by atoms with van der Waals surface area (Å²) in [5.74, 6) is 0.859. The third-order valence-corrected chi connectivity index (χ3v) is 3.36. The molecule has 18 heavy (non-hydrogen) atoms. The van der Waals surface area contributed by atoms with Crippen LogP contribution in [-0.2, 0) is 10.2 Å². The van der Waals surface area contributed by atoms with Crippen LogP contribution in [0.1, 0.15) is 32.8 Å². The molecule has 0 heterocycles. The molecule has 3 heteroatoms. The van der Waals surface area contributed by atoms with E-state index in [1.807, 2.05) is 12.1 Å². The molecule has 0 aliphatic carbocycles. The van der Waals surface area contributed by atoms with Crippen molar-refractivity contribution in [3.63, 3.8) is 0 Å². The first-order valence-electron chi connectivity index (χ1n) is 6.47. The van der Waals surface area contributed by atoms with Crippen LogP contribution in [0.3, 0.4) is 0 Å². The van der Waals surface area contributed by atoms with Crippen molar-refractivity contribution in [2.75, 3.05) is 20.3 Å². The van der Waals surface area contributed by atoms with E-state index >= 15 is 0 Å². The molecule has 3 nitrogen and oxygen atoms in total. The smallest absolute Gasteiger partial charge is 0.119 e. The van der Waals surface area contributed by atoms with Crippen molar-refractivity contribution in [1.29, 1.82) is 0 Å². The van der Waals surface area contributed by atoms with Gasteiger partial charge in [-0.25, -0.2) is 0 Å². The molecule has 2 N–H and O–H groups in total. The first kappa shape index (κ1) is 15.0. The van der Waals surface area contributed by atoms with Gasteiger partial charge in [0, 0.05) is 7.11 Å². The first-order chi connectivity index (χ1) is 8.49. The number of hydrogen-bond acceptors (Lipinski definition) is 3. The lowest BCUT2D eigenvalue weighted by Crippen LogP contribution is -2.32. The Kier molecular flexibility index (Phi) is 5.63. The largest absolute Gasteiger partial charge is 0.492 e. The number of hydrogen-bond donors (Lipinski definition) is 1. The van der Waals surface area contributed by atoms with Gasteiger partial charge in [-0.05, 0) is 29.5 Å². The van der Waals surface area contributed by atoms with Crippen molar-refractivity contribution >= 4 is 0 Å². The molecule has 0 aliphatic heterocycles. The lowest BCUT2D eigenvalue weighted by atomic mass is 9.82. The summed E-state index contributed by atoms with van der Waals surface area (Å²) in [5.41, 5.74) is 7.35. The minimum absolute atomic E-state index is 0.0817. The molecule has 0 saturated carbocycles. The Bertz CT molecular complexity index is 346. The van der Waals surface area contributed by atoms with Crippen LogP contribution in [-0.4, -0.2) is 26.4 Å². The van der Waals surface area contributed by atoms with Crippen molar-refractivity contribution in [3.8, 4) is 5.75 Å². The zero-order valence-electron chi connectivity index (χ0n) is 11.9. The molecule has 0 saturated heterocycles. The van der Waals surface area contributed by atoms with E-state index in [2.05, 4.69) is 32.9 Å². The molecule has 102 valence electrons. The maximum Gasteiger partial charge on any atom is 0.119 e. The standard InChI is InChI=1S/C15H25NO2/c1-5-15(2,3)12-6-8-14(9-7-12)18-11-13(16)10-17-4/h6-9,13H,5,10-11,16H2,1-4H3. The fourth-order valence-electron chi connectivity index (χ4n) is 1.67. The summed E-state index contributed by atoms with van der Waals surface area (Å²) < 4.78 is 10.6. The predicted molar refractivity (Wildman–Crippen MR) is 75.1 cm³/mol.